The molecule has 4 rings (SSSR count). The fourth-order valence-corrected chi connectivity index (χ4v) is 5.28. The van der Waals surface area contributed by atoms with E-state index in [1.54, 1.807) is 13.2 Å². The largest absolute Gasteiger partial charge is 0.486 e. The molecule has 33 heavy (non-hydrogen) atoms. The van der Waals surface area contributed by atoms with Gasteiger partial charge < -0.3 is 34.9 Å². The quantitative estimate of drug-likeness (QED) is 0.578. The molecule has 1 aromatic carbocycles. The van der Waals surface area contributed by atoms with E-state index in [0.717, 1.165) is 44.5 Å². The monoisotopic (exact) mass is 481 g/mol. The summed E-state index contributed by atoms with van der Waals surface area (Å²) in [6.45, 7) is 9.86. The third-order valence-electron chi connectivity index (χ3n) is 6.86. The van der Waals surface area contributed by atoms with E-state index in [2.05, 4.69) is 10.2 Å². The van der Waals surface area contributed by atoms with Gasteiger partial charge in [0.15, 0.2) is 5.79 Å². The highest BCUT2D eigenvalue weighted by Crippen LogP contribution is 2.44. The minimum atomic E-state index is -0.454. The van der Waals surface area contributed by atoms with Crippen molar-refractivity contribution in [3.63, 3.8) is 0 Å². The minimum Gasteiger partial charge on any atom is -0.486 e. The first-order chi connectivity index (χ1) is 15.6. The molecule has 2 saturated heterocycles. The zero-order chi connectivity index (χ0) is 23.8. The summed E-state index contributed by atoms with van der Waals surface area (Å²) in [4.78, 5) is 15.6. The summed E-state index contributed by atoms with van der Waals surface area (Å²) in [5.74, 6) is -0.130. The molecular formula is C24H36ClN3O5. The lowest BCUT2D eigenvalue weighted by atomic mass is 9.97. The molecule has 0 aliphatic carbocycles. The molecule has 2 unspecified atom stereocenters. The summed E-state index contributed by atoms with van der Waals surface area (Å²) in [7, 11) is 1.69. The van der Waals surface area contributed by atoms with E-state index < -0.39 is 11.4 Å². The van der Waals surface area contributed by atoms with Crippen molar-refractivity contribution in [1.82, 2.24) is 10.2 Å². The lowest BCUT2D eigenvalue weighted by Crippen LogP contribution is -2.55. The first-order valence-electron chi connectivity index (χ1n) is 11.7. The molecule has 1 aromatic rings. The summed E-state index contributed by atoms with van der Waals surface area (Å²) in [5, 5.41) is 3.53. The van der Waals surface area contributed by atoms with Crippen LogP contribution in [0.2, 0.25) is 5.02 Å². The molecular weight excluding hydrogens is 446 g/mol. The average Bonchev–Trinajstić information content (AvgIpc) is 3.34. The van der Waals surface area contributed by atoms with Crippen LogP contribution in [0, 0.1) is 0 Å². The summed E-state index contributed by atoms with van der Waals surface area (Å²) >= 11 is 6.35. The third-order valence-corrected chi connectivity index (χ3v) is 7.18. The number of fused-ring (bicyclic) bond motifs is 1. The molecule has 0 spiro atoms. The highest BCUT2D eigenvalue weighted by Gasteiger charge is 2.38. The predicted molar refractivity (Wildman–Crippen MR) is 127 cm³/mol. The first-order valence-corrected chi connectivity index (χ1v) is 12.1. The molecule has 3 aliphatic heterocycles. The van der Waals surface area contributed by atoms with Gasteiger partial charge in [0.25, 0.3) is 5.91 Å². The topological polar surface area (TPSA) is 95.3 Å². The number of rotatable bonds is 7. The number of methoxy groups -OCH3 is 1. The Morgan fingerprint density at radius 3 is 2.76 bits per heavy atom. The number of ether oxygens (including phenoxy) is 4. The Bertz CT molecular complexity index is 887. The van der Waals surface area contributed by atoms with Gasteiger partial charge in [-0.1, -0.05) is 11.6 Å². The van der Waals surface area contributed by atoms with Crippen LogP contribution in [-0.2, 0) is 20.6 Å². The van der Waals surface area contributed by atoms with Crippen molar-refractivity contribution in [2.75, 3.05) is 45.7 Å². The number of carbonyl (C=O) groups excluding carboxylic acids is 1. The zero-order valence-electron chi connectivity index (χ0n) is 20.0. The summed E-state index contributed by atoms with van der Waals surface area (Å²) in [5.41, 5.74) is 7.46. The molecule has 0 bridgehead atoms. The standard InChI is InChI=1S/C24H36ClN3O5/c1-23(2)13-16-20(26)17(25)12-15(21(16)33-23)22(29)27-18-6-9-28(14-19(18)30-4)8-5-7-24(3)31-10-11-32-24/h12,18-19H,5-11,13-14,26H2,1-4H3,(H,27,29). The second-order valence-corrected chi connectivity index (χ2v) is 10.5. The van der Waals surface area contributed by atoms with E-state index in [0.29, 0.717) is 41.7 Å². The maximum atomic E-state index is 13.3. The second kappa shape index (κ2) is 9.58. The minimum absolute atomic E-state index is 0.0980. The molecule has 2 fully saturated rings. The number of anilines is 1. The number of nitrogens with two attached hydrogens (primary N) is 1. The number of halogens is 1. The van der Waals surface area contributed by atoms with Crippen molar-refractivity contribution >= 4 is 23.2 Å². The normalized spacial score (nSPS) is 26.1. The smallest absolute Gasteiger partial charge is 0.255 e. The van der Waals surface area contributed by atoms with Gasteiger partial charge in [0.1, 0.15) is 11.4 Å². The van der Waals surface area contributed by atoms with Crippen LogP contribution >= 0.6 is 11.6 Å². The summed E-state index contributed by atoms with van der Waals surface area (Å²) in [6.07, 6.45) is 3.15. The molecule has 9 heteroatoms. The van der Waals surface area contributed by atoms with Gasteiger partial charge in [-0.05, 0) is 46.2 Å². The molecule has 3 heterocycles. The second-order valence-electron chi connectivity index (χ2n) is 10.0. The number of nitrogens with zero attached hydrogens (tertiary/aromatic N) is 1. The SMILES string of the molecule is COC1CN(CCCC2(C)OCCO2)CCC1NC(=O)c1cc(Cl)c(N)c2c1OC(C)(C)C2. The number of nitrogen functional groups attached to an aromatic ring is 1. The maximum absolute atomic E-state index is 13.3. The molecule has 0 aromatic heterocycles. The van der Waals surface area contributed by atoms with Gasteiger partial charge in [-0.3, -0.25) is 4.79 Å². The molecule has 3 N–H and O–H groups in total. The van der Waals surface area contributed by atoms with Crippen LogP contribution in [0.4, 0.5) is 5.69 Å². The van der Waals surface area contributed by atoms with Crippen molar-refractivity contribution < 1.29 is 23.7 Å². The van der Waals surface area contributed by atoms with E-state index in [1.165, 1.54) is 0 Å². The molecule has 0 saturated carbocycles. The number of amides is 1. The molecule has 184 valence electrons. The lowest BCUT2D eigenvalue weighted by Gasteiger charge is -2.38. The molecule has 2 atom stereocenters. The van der Waals surface area contributed by atoms with Crippen molar-refractivity contribution in [3.8, 4) is 5.75 Å². The number of nitrogens with one attached hydrogen (secondary N) is 1. The fraction of sp³-hybridized carbons (Fsp3) is 0.708. The van der Waals surface area contributed by atoms with Gasteiger partial charge >= 0.3 is 0 Å². The van der Waals surface area contributed by atoms with Crippen molar-refractivity contribution in [3.05, 3.63) is 22.2 Å². The fourth-order valence-electron chi connectivity index (χ4n) is 5.06. The Morgan fingerprint density at radius 1 is 1.33 bits per heavy atom. The number of hydrogen-bond acceptors (Lipinski definition) is 7. The van der Waals surface area contributed by atoms with Crippen LogP contribution in [0.3, 0.4) is 0 Å². The van der Waals surface area contributed by atoms with Crippen LogP contribution in [0.1, 0.15) is 56.0 Å². The van der Waals surface area contributed by atoms with E-state index in [-0.39, 0.29) is 18.1 Å². The van der Waals surface area contributed by atoms with Gasteiger partial charge in [-0.25, -0.2) is 0 Å². The molecule has 3 aliphatic rings. The van der Waals surface area contributed by atoms with Crippen LogP contribution < -0.4 is 15.8 Å². The summed E-state index contributed by atoms with van der Waals surface area (Å²) in [6, 6.07) is 1.51. The van der Waals surface area contributed by atoms with Crippen molar-refractivity contribution in [2.45, 2.75) is 70.0 Å². The van der Waals surface area contributed by atoms with Crippen LogP contribution in [0.15, 0.2) is 6.07 Å². The molecule has 1 amide bonds. The number of piperidine rings is 1. The molecule has 8 nitrogen and oxygen atoms in total. The average molecular weight is 482 g/mol. The Labute approximate surface area is 201 Å². The van der Waals surface area contributed by atoms with Gasteiger partial charge in [0, 0.05) is 38.6 Å². The predicted octanol–water partition coefficient (Wildman–Crippen LogP) is 3.00. The highest BCUT2D eigenvalue weighted by atomic mass is 35.5. The van der Waals surface area contributed by atoms with Crippen LogP contribution in [0.25, 0.3) is 0 Å². The number of likely N-dealkylation sites (tertiary alicyclic amines) is 1. The molecule has 0 radical (unpaired) electrons. The third kappa shape index (κ3) is 5.41. The van der Waals surface area contributed by atoms with Crippen LogP contribution in [0.5, 0.6) is 5.75 Å². The highest BCUT2D eigenvalue weighted by molar-refractivity contribution is 6.33. The van der Waals surface area contributed by atoms with E-state index in [1.807, 2.05) is 20.8 Å². The first kappa shape index (κ1) is 24.5. The number of carbonyl (C=O) groups is 1. The van der Waals surface area contributed by atoms with E-state index in [9.17, 15) is 4.79 Å². The van der Waals surface area contributed by atoms with Gasteiger partial charge in [-0.2, -0.15) is 0 Å². The van der Waals surface area contributed by atoms with Crippen molar-refractivity contribution in [1.29, 1.82) is 0 Å². The Morgan fingerprint density at radius 2 is 2.06 bits per heavy atom. The zero-order valence-corrected chi connectivity index (χ0v) is 20.8. The van der Waals surface area contributed by atoms with Gasteiger partial charge in [0.05, 0.1) is 41.6 Å². The van der Waals surface area contributed by atoms with Crippen LogP contribution in [-0.4, -0.2) is 74.3 Å². The summed E-state index contributed by atoms with van der Waals surface area (Å²) < 4.78 is 23.2. The Kier molecular flexibility index (Phi) is 7.13. The number of hydrogen-bond donors (Lipinski definition) is 2. The van der Waals surface area contributed by atoms with Gasteiger partial charge in [-0.15, -0.1) is 0 Å². The lowest BCUT2D eigenvalue weighted by molar-refractivity contribution is -0.148. The van der Waals surface area contributed by atoms with Crippen molar-refractivity contribution in [2.24, 2.45) is 0 Å². The van der Waals surface area contributed by atoms with E-state index in [4.69, 9.17) is 36.3 Å². The maximum Gasteiger partial charge on any atom is 0.255 e. The van der Waals surface area contributed by atoms with E-state index >= 15 is 0 Å². The van der Waals surface area contributed by atoms with Gasteiger partial charge in [0.2, 0.25) is 0 Å². The Balaban J connectivity index is 1.36. The number of benzene rings is 1. The Hall–Kier alpha value is -1.58.